The lowest BCUT2D eigenvalue weighted by atomic mass is 9.94. The van der Waals surface area contributed by atoms with Crippen molar-refractivity contribution in [1.29, 1.82) is 0 Å². The predicted molar refractivity (Wildman–Crippen MR) is 142 cm³/mol. The molecule has 3 aromatic rings. The molecule has 1 atom stereocenters. The summed E-state index contributed by atoms with van der Waals surface area (Å²) in [5.74, 6) is -2.34. The fraction of sp³-hybridized carbons (Fsp3) is 0.321. The van der Waals surface area contributed by atoms with Crippen molar-refractivity contribution >= 4 is 16.0 Å². The van der Waals surface area contributed by atoms with Crippen molar-refractivity contribution in [2.24, 2.45) is 0 Å². The molecule has 0 radical (unpaired) electrons. The number of carboxylic acid groups (broad SMARTS) is 1. The van der Waals surface area contributed by atoms with E-state index in [9.17, 15) is 32.2 Å². The van der Waals surface area contributed by atoms with Crippen LogP contribution in [0, 0.1) is 18.6 Å². The third-order valence-electron chi connectivity index (χ3n) is 6.19. The number of hydrogen-bond donors (Lipinski definition) is 3. The Kier molecular flexibility index (Phi) is 9.04. The van der Waals surface area contributed by atoms with Crippen molar-refractivity contribution in [3.63, 3.8) is 0 Å². The van der Waals surface area contributed by atoms with Crippen molar-refractivity contribution in [1.82, 2.24) is 9.62 Å². The molecule has 3 aromatic carbocycles. The number of benzene rings is 3. The molecule has 0 aliphatic heterocycles. The monoisotopic (exact) mass is 546 g/mol. The number of β-amino-alcohol motifs (C(OH)–C–C–N with tert-alkyl or cyclic N) is 1. The second kappa shape index (κ2) is 11.7. The van der Waals surface area contributed by atoms with Gasteiger partial charge in [-0.25, -0.2) is 22.0 Å². The molecule has 7 nitrogen and oxygen atoms in total. The Bertz CT molecular complexity index is 1430. The van der Waals surface area contributed by atoms with E-state index in [4.69, 9.17) is 0 Å². The third kappa shape index (κ3) is 7.44. The largest absolute Gasteiger partial charge is 0.478 e. The third-order valence-corrected chi connectivity index (χ3v) is 8.01. The maximum absolute atomic E-state index is 14.0. The normalized spacial score (nSPS) is 13.1. The number of aliphatic hydroxyl groups is 1. The molecule has 0 spiro atoms. The van der Waals surface area contributed by atoms with Gasteiger partial charge in [0.15, 0.2) is 0 Å². The van der Waals surface area contributed by atoms with Gasteiger partial charge in [0.2, 0.25) is 10.0 Å². The molecule has 3 N–H and O–H groups in total. The fourth-order valence-corrected chi connectivity index (χ4v) is 5.32. The molecule has 0 aliphatic rings. The number of aryl methyl sites for hydroxylation is 1. The van der Waals surface area contributed by atoms with Gasteiger partial charge >= 0.3 is 5.97 Å². The molecule has 0 aromatic heterocycles. The molecule has 0 heterocycles. The SMILES string of the molecule is Cc1ccc(CC(C)(C)NC[C@H](O)CN(C)S(=O)(=O)c2cccc(-c3cc(F)cc(C(=O)O)c3)c2)cc1F. The van der Waals surface area contributed by atoms with Crippen molar-refractivity contribution in [2.75, 3.05) is 20.1 Å². The zero-order valence-corrected chi connectivity index (χ0v) is 22.5. The second-order valence-electron chi connectivity index (χ2n) is 10.0. The topological polar surface area (TPSA) is 107 Å². The summed E-state index contributed by atoms with van der Waals surface area (Å²) < 4.78 is 55.2. The molecule has 0 bridgehead atoms. The number of carbonyl (C=O) groups is 1. The maximum Gasteiger partial charge on any atom is 0.335 e. The van der Waals surface area contributed by atoms with Gasteiger partial charge in [0.05, 0.1) is 16.6 Å². The van der Waals surface area contributed by atoms with Crippen LogP contribution in [0.25, 0.3) is 11.1 Å². The van der Waals surface area contributed by atoms with E-state index in [0.29, 0.717) is 17.5 Å². The Hall–Kier alpha value is -3.18. The standard InChI is InChI=1S/C28H32F2N2O5S/c1-18-8-9-19(10-26(18)30)15-28(2,3)31-16-24(33)17-32(4)38(36,37)25-7-5-6-20(14-25)21-11-22(27(34)35)13-23(29)12-21/h5-14,24,31,33H,15-17H2,1-4H3,(H,34,35)/t24-/m0/s1. The van der Waals surface area contributed by atoms with E-state index in [1.807, 2.05) is 19.9 Å². The van der Waals surface area contributed by atoms with Crippen LogP contribution in [0.15, 0.2) is 65.6 Å². The minimum atomic E-state index is -4.02. The molecule has 0 fully saturated rings. The summed E-state index contributed by atoms with van der Waals surface area (Å²) in [7, 11) is -2.68. The molecular weight excluding hydrogens is 514 g/mol. The van der Waals surface area contributed by atoms with E-state index in [0.717, 1.165) is 22.0 Å². The van der Waals surface area contributed by atoms with Gasteiger partial charge in [-0.2, -0.15) is 4.31 Å². The van der Waals surface area contributed by atoms with E-state index in [1.54, 1.807) is 19.1 Å². The summed E-state index contributed by atoms with van der Waals surface area (Å²) in [6, 6.07) is 14.1. The number of nitrogens with zero attached hydrogens (tertiary/aromatic N) is 1. The zero-order valence-electron chi connectivity index (χ0n) is 21.7. The van der Waals surface area contributed by atoms with E-state index in [2.05, 4.69) is 5.32 Å². The molecule has 38 heavy (non-hydrogen) atoms. The van der Waals surface area contributed by atoms with Crippen LogP contribution in [0.3, 0.4) is 0 Å². The van der Waals surface area contributed by atoms with Crippen molar-refractivity contribution in [3.8, 4) is 11.1 Å². The van der Waals surface area contributed by atoms with Crippen LogP contribution in [0.5, 0.6) is 0 Å². The fourth-order valence-electron chi connectivity index (χ4n) is 4.07. The number of likely N-dealkylation sites (N-methyl/N-ethyl adjacent to an activating group) is 1. The van der Waals surface area contributed by atoms with E-state index < -0.39 is 33.5 Å². The molecule has 0 saturated heterocycles. The Labute approximate surface area is 221 Å². The van der Waals surface area contributed by atoms with Crippen LogP contribution in [0.2, 0.25) is 0 Å². The van der Waals surface area contributed by atoms with Crippen LogP contribution in [0.1, 0.15) is 35.3 Å². The first-order valence-electron chi connectivity index (χ1n) is 12.0. The molecule has 3 rings (SSSR count). The molecule has 0 amide bonds. The Morgan fingerprint density at radius 3 is 2.42 bits per heavy atom. The highest BCUT2D eigenvalue weighted by molar-refractivity contribution is 7.89. The smallest absolute Gasteiger partial charge is 0.335 e. The molecule has 204 valence electrons. The predicted octanol–water partition coefficient (Wildman–Crippen LogP) is 4.23. The number of nitrogens with one attached hydrogen (secondary N) is 1. The van der Waals surface area contributed by atoms with Crippen LogP contribution < -0.4 is 5.32 Å². The summed E-state index contributed by atoms with van der Waals surface area (Å²) >= 11 is 0. The lowest BCUT2D eigenvalue weighted by Gasteiger charge is -2.29. The Morgan fingerprint density at radius 2 is 1.76 bits per heavy atom. The Morgan fingerprint density at radius 1 is 1.05 bits per heavy atom. The highest BCUT2D eigenvalue weighted by Crippen LogP contribution is 2.26. The minimum Gasteiger partial charge on any atom is -0.478 e. The van der Waals surface area contributed by atoms with E-state index in [-0.39, 0.29) is 34.9 Å². The molecule has 10 heteroatoms. The number of rotatable bonds is 11. The van der Waals surface area contributed by atoms with Crippen LogP contribution in [0.4, 0.5) is 8.78 Å². The number of carboxylic acids is 1. The molecule has 0 unspecified atom stereocenters. The minimum absolute atomic E-state index is 0.0828. The summed E-state index contributed by atoms with van der Waals surface area (Å²) in [6.45, 7) is 5.41. The van der Waals surface area contributed by atoms with Crippen molar-refractivity contribution in [3.05, 3.63) is 89.0 Å². The lowest BCUT2D eigenvalue weighted by molar-refractivity contribution is 0.0696. The summed E-state index contributed by atoms with van der Waals surface area (Å²) in [5, 5.41) is 23.0. The van der Waals surface area contributed by atoms with Crippen molar-refractivity contribution < 1.29 is 32.2 Å². The maximum atomic E-state index is 14.0. The highest BCUT2D eigenvalue weighted by Gasteiger charge is 2.25. The van der Waals surface area contributed by atoms with Crippen LogP contribution in [-0.2, 0) is 16.4 Å². The summed E-state index contributed by atoms with van der Waals surface area (Å²) in [6.07, 6.45) is -0.532. The van der Waals surface area contributed by atoms with Gasteiger partial charge < -0.3 is 15.5 Å². The zero-order chi connectivity index (χ0) is 28.3. The average molecular weight is 547 g/mol. The van der Waals surface area contributed by atoms with Crippen molar-refractivity contribution in [2.45, 2.75) is 43.7 Å². The molecule has 0 aliphatic carbocycles. The second-order valence-corrected chi connectivity index (χ2v) is 12.1. The van der Waals surface area contributed by atoms with Crippen LogP contribution >= 0.6 is 0 Å². The van der Waals surface area contributed by atoms with Gasteiger partial charge in [-0.1, -0.05) is 24.3 Å². The highest BCUT2D eigenvalue weighted by atomic mass is 32.2. The first kappa shape index (κ1) is 29.4. The Balaban J connectivity index is 1.67. The van der Waals surface area contributed by atoms with Gasteiger partial charge in [-0.3, -0.25) is 0 Å². The van der Waals surface area contributed by atoms with E-state index in [1.165, 1.54) is 37.4 Å². The van der Waals surface area contributed by atoms with E-state index >= 15 is 0 Å². The number of sulfonamides is 1. The lowest BCUT2D eigenvalue weighted by Crippen LogP contribution is -2.47. The summed E-state index contributed by atoms with van der Waals surface area (Å²) in [4.78, 5) is 11.2. The van der Waals surface area contributed by atoms with Gasteiger partial charge in [0.1, 0.15) is 11.6 Å². The quantitative estimate of drug-likeness (QED) is 0.332. The first-order chi connectivity index (χ1) is 17.7. The number of aromatic carboxylic acids is 1. The average Bonchev–Trinajstić information content (AvgIpc) is 2.84. The number of halogens is 2. The van der Waals surface area contributed by atoms with Gasteiger partial charge in [-0.15, -0.1) is 0 Å². The summed E-state index contributed by atoms with van der Waals surface area (Å²) in [5.41, 5.74) is 1.17. The number of aliphatic hydroxyl groups excluding tert-OH is 1. The van der Waals surface area contributed by atoms with Gasteiger partial charge in [0.25, 0.3) is 0 Å². The molecule has 0 saturated carbocycles. The van der Waals surface area contributed by atoms with Crippen LogP contribution in [-0.4, -0.2) is 60.7 Å². The first-order valence-corrected chi connectivity index (χ1v) is 13.4. The molecular formula is C28H32F2N2O5S. The van der Waals surface area contributed by atoms with Gasteiger partial charge in [0, 0.05) is 25.7 Å². The van der Waals surface area contributed by atoms with Gasteiger partial charge in [-0.05, 0) is 85.8 Å². The number of hydrogen-bond acceptors (Lipinski definition) is 5.